The molecule has 0 radical (unpaired) electrons. The Hall–Kier alpha value is -0.770. The lowest BCUT2D eigenvalue weighted by Gasteiger charge is -2.20. The van der Waals surface area contributed by atoms with E-state index in [1.807, 2.05) is 20.8 Å². The number of carbonyl (C=O) groups excluding carboxylic acids is 1. The van der Waals surface area contributed by atoms with Gasteiger partial charge in [0.25, 0.3) is 0 Å². The predicted molar refractivity (Wildman–Crippen MR) is 69.0 cm³/mol. The zero-order valence-electron chi connectivity index (χ0n) is 11.8. The number of hydrogen-bond donors (Lipinski definition) is 2. The zero-order chi connectivity index (χ0) is 13.2. The van der Waals surface area contributed by atoms with Crippen LogP contribution in [0, 0.1) is 5.92 Å². The number of hydrogen-bond acceptors (Lipinski definition) is 3. The quantitative estimate of drug-likeness (QED) is 0.795. The first-order valence-corrected chi connectivity index (χ1v) is 6.44. The second-order valence-corrected chi connectivity index (χ2v) is 6.29. The molecule has 0 aromatic rings. The van der Waals surface area contributed by atoms with E-state index in [0.717, 1.165) is 6.42 Å². The maximum Gasteiger partial charge on any atom is 0.407 e. The van der Waals surface area contributed by atoms with Crippen molar-refractivity contribution < 1.29 is 9.53 Å². The van der Waals surface area contributed by atoms with Crippen LogP contribution in [0.15, 0.2) is 0 Å². The van der Waals surface area contributed by atoms with Crippen LogP contribution in [0.25, 0.3) is 0 Å². The first-order chi connectivity index (χ1) is 7.69. The standard InChI is InChI=1S/C13H26N2O2/c1-8(2)9(3)14-10-7-11(10)15-12(16)17-13(4,5)6/h8-11,14H,7H2,1-6H3,(H,15,16). The Morgan fingerprint density at radius 1 is 1.24 bits per heavy atom. The Balaban J connectivity index is 2.22. The highest BCUT2D eigenvalue weighted by Crippen LogP contribution is 2.23. The van der Waals surface area contributed by atoms with Crippen LogP contribution in [0.2, 0.25) is 0 Å². The zero-order valence-corrected chi connectivity index (χ0v) is 11.8. The number of amides is 1. The largest absolute Gasteiger partial charge is 0.444 e. The Labute approximate surface area is 104 Å². The summed E-state index contributed by atoms with van der Waals surface area (Å²) >= 11 is 0. The third-order valence-electron chi connectivity index (χ3n) is 2.97. The van der Waals surface area contributed by atoms with Gasteiger partial charge in [0.1, 0.15) is 5.60 Å². The minimum absolute atomic E-state index is 0.228. The fraction of sp³-hybridized carbons (Fsp3) is 0.923. The normalized spacial score (nSPS) is 25.6. The van der Waals surface area contributed by atoms with Gasteiger partial charge >= 0.3 is 6.09 Å². The molecule has 0 aromatic carbocycles. The second kappa shape index (κ2) is 5.25. The van der Waals surface area contributed by atoms with Crippen molar-refractivity contribution in [2.24, 2.45) is 5.92 Å². The van der Waals surface area contributed by atoms with Crippen LogP contribution in [-0.4, -0.2) is 29.8 Å². The third-order valence-corrected chi connectivity index (χ3v) is 2.97. The number of nitrogens with one attached hydrogen (secondary N) is 2. The molecule has 100 valence electrons. The fourth-order valence-corrected chi connectivity index (χ4v) is 1.53. The minimum atomic E-state index is -0.423. The van der Waals surface area contributed by atoms with Gasteiger partial charge in [-0.3, -0.25) is 0 Å². The van der Waals surface area contributed by atoms with Gasteiger partial charge in [-0.1, -0.05) is 13.8 Å². The van der Waals surface area contributed by atoms with Crippen molar-refractivity contribution in [3.05, 3.63) is 0 Å². The number of carbonyl (C=O) groups is 1. The third kappa shape index (κ3) is 5.39. The molecule has 3 unspecified atom stereocenters. The van der Waals surface area contributed by atoms with Gasteiger partial charge in [0.15, 0.2) is 0 Å². The molecule has 0 heterocycles. The van der Waals surface area contributed by atoms with E-state index in [9.17, 15) is 4.79 Å². The molecule has 4 nitrogen and oxygen atoms in total. The molecular weight excluding hydrogens is 216 g/mol. The summed E-state index contributed by atoms with van der Waals surface area (Å²) in [5.74, 6) is 0.609. The molecule has 2 N–H and O–H groups in total. The summed E-state index contributed by atoms with van der Waals surface area (Å²) in [6.45, 7) is 12.2. The van der Waals surface area contributed by atoms with Crippen molar-refractivity contribution in [3.63, 3.8) is 0 Å². The molecule has 0 spiro atoms. The van der Waals surface area contributed by atoms with Crippen LogP contribution >= 0.6 is 0 Å². The van der Waals surface area contributed by atoms with Crippen LogP contribution in [0.1, 0.15) is 48.0 Å². The average Bonchev–Trinajstić information content (AvgIpc) is 2.79. The molecule has 17 heavy (non-hydrogen) atoms. The Kier molecular flexibility index (Phi) is 4.42. The molecule has 0 aromatic heterocycles. The molecule has 1 rings (SSSR count). The topological polar surface area (TPSA) is 50.4 Å². The van der Waals surface area contributed by atoms with Crippen LogP contribution < -0.4 is 10.6 Å². The van der Waals surface area contributed by atoms with E-state index < -0.39 is 5.60 Å². The number of rotatable bonds is 4. The van der Waals surface area contributed by atoms with Gasteiger partial charge in [-0.2, -0.15) is 0 Å². The van der Waals surface area contributed by atoms with Crippen molar-refractivity contribution in [3.8, 4) is 0 Å². The van der Waals surface area contributed by atoms with Crippen molar-refractivity contribution in [1.82, 2.24) is 10.6 Å². The lowest BCUT2D eigenvalue weighted by atomic mass is 10.1. The van der Waals surface area contributed by atoms with E-state index in [2.05, 4.69) is 31.4 Å². The molecule has 4 heteroatoms. The van der Waals surface area contributed by atoms with Crippen molar-refractivity contribution in [2.75, 3.05) is 0 Å². The van der Waals surface area contributed by atoms with E-state index in [1.54, 1.807) is 0 Å². The summed E-state index contributed by atoms with van der Waals surface area (Å²) in [5.41, 5.74) is -0.423. The van der Waals surface area contributed by atoms with Gasteiger partial charge < -0.3 is 15.4 Å². The molecule has 1 aliphatic rings. The molecule has 1 amide bonds. The van der Waals surface area contributed by atoms with Gasteiger partial charge in [-0.05, 0) is 40.0 Å². The summed E-state index contributed by atoms with van der Waals surface area (Å²) in [7, 11) is 0. The Morgan fingerprint density at radius 3 is 2.29 bits per heavy atom. The van der Waals surface area contributed by atoms with E-state index >= 15 is 0 Å². The molecule has 3 atom stereocenters. The van der Waals surface area contributed by atoms with Gasteiger partial charge in [0.05, 0.1) is 0 Å². The lowest BCUT2D eigenvalue weighted by Crippen LogP contribution is -2.39. The maximum absolute atomic E-state index is 11.5. The summed E-state index contributed by atoms with van der Waals surface area (Å²) in [4.78, 5) is 11.5. The van der Waals surface area contributed by atoms with Gasteiger partial charge in [-0.25, -0.2) is 4.79 Å². The highest BCUT2D eigenvalue weighted by atomic mass is 16.6. The van der Waals surface area contributed by atoms with Crippen molar-refractivity contribution >= 4 is 6.09 Å². The molecule has 1 saturated carbocycles. The van der Waals surface area contributed by atoms with Gasteiger partial charge in [-0.15, -0.1) is 0 Å². The van der Waals surface area contributed by atoms with Crippen molar-refractivity contribution in [2.45, 2.75) is 71.7 Å². The molecule has 1 fully saturated rings. The van der Waals surface area contributed by atoms with Crippen LogP contribution in [-0.2, 0) is 4.74 Å². The van der Waals surface area contributed by atoms with Crippen LogP contribution in [0.5, 0.6) is 0 Å². The monoisotopic (exact) mass is 242 g/mol. The Bertz CT molecular complexity index is 271. The average molecular weight is 242 g/mol. The van der Waals surface area contributed by atoms with E-state index in [4.69, 9.17) is 4.74 Å². The number of alkyl carbamates (subject to hydrolysis) is 1. The van der Waals surface area contributed by atoms with Crippen LogP contribution in [0.4, 0.5) is 4.79 Å². The first-order valence-electron chi connectivity index (χ1n) is 6.44. The van der Waals surface area contributed by atoms with E-state index in [1.165, 1.54) is 0 Å². The molecular formula is C13H26N2O2. The Morgan fingerprint density at radius 2 is 1.82 bits per heavy atom. The van der Waals surface area contributed by atoms with Crippen molar-refractivity contribution in [1.29, 1.82) is 0 Å². The molecule has 1 aliphatic carbocycles. The summed E-state index contributed by atoms with van der Waals surface area (Å²) < 4.78 is 5.21. The van der Waals surface area contributed by atoms with E-state index in [0.29, 0.717) is 18.0 Å². The summed E-state index contributed by atoms with van der Waals surface area (Å²) in [6, 6.07) is 1.11. The summed E-state index contributed by atoms with van der Waals surface area (Å²) in [6.07, 6.45) is 0.681. The van der Waals surface area contributed by atoms with E-state index in [-0.39, 0.29) is 12.1 Å². The smallest absolute Gasteiger partial charge is 0.407 e. The summed E-state index contributed by atoms with van der Waals surface area (Å²) in [5, 5.41) is 6.38. The SMILES string of the molecule is CC(C)C(C)NC1CC1NC(=O)OC(C)(C)C. The lowest BCUT2D eigenvalue weighted by molar-refractivity contribution is 0.0521. The molecule has 0 saturated heterocycles. The highest BCUT2D eigenvalue weighted by Gasteiger charge is 2.40. The highest BCUT2D eigenvalue weighted by molar-refractivity contribution is 5.68. The number of ether oxygens (including phenoxy) is 1. The molecule has 0 bridgehead atoms. The molecule has 0 aliphatic heterocycles. The van der Waals surface area contributed by atoms with Gasteiger partial charge in [0, 0.05) is 18.1 Å². The minimum Gasteiger partial charge on any atom is -0.444 e. The van der Waals surface area contributed by atoms with Crippen LogP contribution in [0.3, 0.4) is 0 Å². The van der Waals surface area contributed by atoms with Gasteiger partial charge in [0.2, 0.25) is 0 Å². The first kappa shape index (κ1) is 14.3. The maximum atomic E-state index is 11.5. The predicted octanol–water partition coefficient (Wildman–Crippen LogP) is 2.29. The fourth-order valence-electron chi connectivity index (χ4n) is 1.53. The second-order valence-electron chi connectivity index (χ2n) is 6.29.